The fourth-order valence-corrected chi connectivity index (χ4v) is 1.72. The van der Waals surface area contributed by atoms with Crippen LogP contribution >= 0.6 is 45.8 Å². The molecule has 1 nitrogen and oxygen atoms in total. The average molecular weight is 288 g/mol. The van der Waals surface area contributed by atoms with E-state index in [0.717, 1.165) is 3.57 Å². The SMILES string of the molecule is Nc1cc(Cl)c(Cl)c(I)c1. The Kier molecular flexibility index (Phi) is 2.66. The van der Waals surface area contributed by atoms with Crippen LogP contribution in [0.25, 0.3) is 0 Å². The van der Waals surface area contributed by atoms with Crippen LogP contribution in [0.3, 0.4) is 0 Å². The molecule has 1 rings (SSSR count). The predicted molar refractivity (Wildman–Crippen MR) is 53.6 cm³/mol. The second kappa shape index (κ2) is 3.15. The van der Waals surface area contributed by atoms with Crippen molar-refractivity contribution < 1.29 is 0 Å². The van der Waals surface area contributed by atoms with Crippen molar-refractivity contribution in [1.29, 1.82) is 0 Å². The number of hydrogen-bond donors (Lipinski definition) is 1. The molecule has 0 aromatic heterocycles. The molecule has 0 amide bonds. The summed E-state index contributed by atoms with van der Waals surface area (Å²) in [4.78, 5) is 0. The van der Waals surface area contributed by atoms with E-state index in [-0.39, 0.29) is 0 Å². The molecule has 0 bridgehead atoms. The Bertz CT molecular complexity index is 239. The van der Waals surface area contributed by atoms with E-state index < -0.39 is 0 Å². The van der Waals surface area contributed by atoms with Crippen molar-refractivity contribution in [3.8, 4) is 0 Å². The Balaban J connectivity index is 3.31. The number of rotatable bonds is 0. The molecule has 0 heterocycles. The molecule has 0 aliphatic carbocycles. The van der Waals surface area contributed by atoms with Gasteiger partial charge in [0, 0.05) is 9.26 Å². The predicted octanol–water partition coefficient (Wildman–Crippen LogP) is 3.18. The number of anilines is 1. The molecule has 54 valence electrons. The van der Waals surface area contributed by atoms with Crippen LogP contribution in [-0.4, -0.2) is 0 Å². The van der Waals surface area contributed by atoms with Crippen molar-refractivity contribution in [3.05, 3.63) is 25.7 Å². The summed E-state index contributed by atoms with van der Waals surface area (Å²) in [6.07, 6.45) is 0. The Morgan fingerprint density at radius 1 is 1.30 bits per heavy atom. The van der Waals surface area contributed by atoms with E-state index >= 15 is 0 Å². The normalized spacial score (nSPS) is 9.90. The van der Waals surface area contributed by atoms with Gasteiger partial charge in [0.15, 0.2) is 0 Å². The first kappa shape index (κ1) is 8.43. The van der Waals surface area contributed by atoms with E-state index in [1.807, 2.05) is 0 Å². The summed E-state index contributed by atoms with van der Waals surface area (Å²) in [7, 11) is 0. The summed E-state index contributed by atoms with van der Waals surface area (Å²) in [6.45, 7) is 0. The minimum absolute atomic E-state index is 0.506. The van der Waals surface area contributed by atoms with Gasteiger partial charge in [-0.25, -0.2) is 0 Å². The minimum Gasteiger partial charge on any atom is -0.399 e. The van der Waals surface area contributed by atoms with Gasteiger partial charge < -0.3 is 5.73 Å². The molecule has 0 saturated carbocycles. The van der Waals surface area contributed by atoms with Gasteiger partial charge in [0.1, 0.15) is 0 Å². The van der Waals surface area contributed by atoms with Crippen molar-refractivity contribution >= 4 is 51.5 Å². The summed E-state index contributed by atoms with van der Waals surface area (Å²) < 4.78 is 0.879. The number of benzene rings is 1. The highest BCUT2D eigenvalue weighted by Gasteiger charge is 2.02. The van der Waals surface area contributed by atoms with Crippen molar-refractivity contribution in [2.75, 3.05) is 5.73 Å². The molecule has 0 aliphatic rings. The van der Waals surface area contributed by atoms with Gasteiger partial charge >= 0.3 is 0 Å². The van der Waals surface area contributed by atoms with E-state index in [4.69, 9.17) is 28.9 Å². The third kappa shape index (κ3) is 1.68. The summed E-state index contributed by atoms with van der Waals surface area (Å²) in [6, 6.07) is 3.40. The lowest BCUT2D eigenvalue weighted by molar-refractivity contribution is 1.63. The van der Waals surface area contributed by atoms with Gasteiger partial charge in [0.25, 0.3) is 0 Å². The third-order valence-corrected chi connectivity index (χ3v) is 2.98. The van der Waals surface area contributed by atoms with Crippen molar-refractivity contribution in [3.63, 3.8) is 0 Å². The van der Waals surface area contributed by atoms with E-state index in [1.165, 1.54) is 0 Å². The van der Waals surface area contributed by atoms with E-state index in [0.29, 0.717) is 15.7 Å². The zero-order chi connectivity index (χ0) is 7.72. The number of nitrogen functional groups attached to an aromatic ring is 1. The lowest BCUT2D eigenvalue weighted by atomic mass is 10.3. The van der Waals surface area contributed by atoms with Gasteiger partial charge in [0.2, 0.25) is 0 Å². The van der Waals surface area contributed by atoms with Crippen molar-refractivity contribution in [1.82, 2.24) is 0 Å². The maximum Gasteiger partial charge on any atom is 0.0727 e. The van der Waals surface area contributed by atoms with Gasteiger partial charge in [-0.05, 0) is 34.7 Å². The first-order valence-corrected chi connectivity index (χ1v) is 4.35. The molecule has 4 heteroatoms. The average Bonchev–Trinajstić information content (AvgIpc) is 1.82. The summed E-state index contributed by atoms with van der Waals surface area (Å²) in [5, 5.41) is 1.07. The molecule has 1 aromatic carbocycles. The monoisotopic (exact) mass is 287 g/mol. The maximum absolute atomic E-state index is 5.75. The lowest BCUT2D eigenvalue weighted by Crippen LogP contribution is -1.86. The number of hydrogen-bond acceptors (Lipinski definition) is 1. The molecule has 0 fully saturated rings. The molecular weight excluding hydrogens is 284 g/mol. The number of nitrogens with two attached hydrogens (primary N) is 1. The van der Waals surface area contributed by atoms with Gasteiger partial charge in [-0.2, -0.15) is 0 Å². The van der Waals surface area contributed by atoms with Gasteiger partial charge in [-0.1, -0.05) is 23.2 Å². The zero-order valence-electron chi connectivity index (χ0n) is 4.87. The van der Waals surface area contributed by atoms with E-state index in [9.17, 15) is 0 Å². The van der Waals surface area contributed by atoms with E-state index in [1.54, 1.807) is 12.1 Å². The molecule has 0 unspecified atom stereocenters. The second-order valence-corrected chi connectivity index (χ2v) is 3.75. The highest BCUT2D eigenvalue weighted by molar-refractivity contribution is 14.1. The summed E-state index contributed by atoms with van der Waals surface area (Å²) >= 11 is 13.5. The molecule has 2 N–H and O–H groups in total. The number of halogens is 3. The maximum atomic E-state index is 5.75. The zero-order valence-corrected chi connectivity index (χ0v) is 8.54. The van der Waals surface area contributed by atoms with Crippen LogP contribution < -0.4 is 5.73 Å². The van der Waals surface area contributed by atoms with Gasteiger partial charge in [-0.15, -0.1) is 0 Å². The Labute approximate surface area is 82.6 Å². The first-order chi connectivity index (χ1) is 4.61. The fraction of sp³-hybridized carbons (Fsp3) is 0. The molecule has 0 atom stereocenters. The third-order valence-electron chi connectivity index (χ3n) is 1.01. The lowest BCUT2D eigenvalue weighted by Gasteiger charge is -1.99. The Morgan fingerprint density at radius 2 is 1.90 bits per heavy atom. The van der Waals surface area contributed by atoms with E-state index in [2.05, 4.69) is 22.6 Å². The van der Waals surface area contributed by atoms with Gasteiger partial charge in [-0.3, -0.25) is 0 Å². The largest absolute Gasteiger partial charge is 0.399 e. The van der Waals surface area contributed by atoms with Crippen LogP contribution in [0, 0.1) is 3.57 Å². The van der Waals surface area contributed by atoms with Crippen molar-refractivity contribution in [2.24, 2.45) is 0 Å². The highest BCUT2D eigenvalue weighted by Crippen LogP contribution is 2.29. The molecule has 0 radical (unpaired) electrons. The van der Waals surface area contributed by atoms with Crippen LogP contribution in [0.15, 0.2) is 12.1 Å². The van der Waals surface area contributed by atoms with Crippen LogP contribution in [0.4, 0.5) is 5.69 Å². The molecule has 0 saturated heterocycles. The Hall–Kier alpha value is 0.330. The summed E-state index contributed by atoms with van der Waals surface area (Å²) in [5.74, 6) is 0. The standard InChI is InChI=1S/C6H4Cl2IN/c7-4-1-3(10)2-5(9)6(4)8/h1-2H,10H2. The van der Waals surface area contributed by atoms with Crippen LogP contribution in [-0.2, 0) is 0 Å². The Morgan fingerprint density at radius 3 is 2.40 bits per heavy atom. The highest BCUT2D eigenvalue weighted by atomic mass is 127. The van der Waals surface area contributed by atoms with Crippen molar-refractivity contribution in [2.45, 2.75) is 0 Å². The quantitative estimate of drug-likeness (QED) is 0.443. The van der Waals surface area contributed by atoms with Crippen LogP contribution in [0.2, 0.25) is 10.0 Å². The summed E-state index contributed by atoms with van der Waals surface area (Å²) in [5.41, 5.74) is 6.12. The molecule has 1 aromatic rings. The van der Waals surface area contributed by atoms with Gasteiger partial charge in [0.05, 0.1) is 10.0 Å². The molecule has 0 aliphatic heterocycles. The second-order valence-electron chi connectivity index (χ2n) is 1.80. The smallest absolute Gasteiger partial charge is 0.0727 e. The molecule has 10 heavy (non-hydrogen) atoms. The van der Waals surface area contributed by atoms with Crippen LogP contribution in [0.1, 0.15) is 0 Å². The van der Waals surface area contributed by atoms with Crippen LogP contribution in [0.5, 0.6) is 0 Å². The minimum atomic E-state index is 0.506. The first-order valence-electron chi connectivity index (χ1n) is 2.51. The molecular formula is C6H4Cl2IN. The molecule has 0 spiro atoms. The topological polar surface area (TPSA) is 26.0 Å². The fourth-order valence-electron chi connectivity index (χ4n) is 0.575.